The number of nitrogens with zero attached hydrogens (tertiary/aromatic N) is 3. The number of benzene rings is 3. The van der Waals surface area contributed by atoms with Crippen LogP contribution in [0.4, 0.5) is 11.4 Å². The van der Waals surface area contributed by atoms with Gasteiger partial charge in [-0.1, -0.05) is 43.1 Å². The first-order chi connectivity index (χ1) is 19.3. The van der Waals surface area contributed by atoms with Crippen molar-refractivity contribution in [3.63, 3.8) is 0 Å². The summed E-state index contributed by atoms with van der Waals surface area (Å²) in [6.07, 6.45) is 0. The molecule has 0 aliphatic heterocycles. The van der Waals surface area contributed by atoms with E-state index in [2.05, 4.69) is 90.7 Å². The standard InChI is InChI=1S/C32H41ClN3O2P3/c1-9-35(10-2)20-25-18-27(12-14-31(25)37)36(30-17-24(6)34-29-19-26(33)11-13-28(29)30)40(7)38-41(8,39)32-22(4)15-21(3)16-23(32)5/h11-19H,9-10,20,39H2,1-8H3/p+1. The van der Waals surface area contributed by atoms with Crippen LogP contribution in [0, 0.1) is 27.7 Å². The molecule has 0 aliphatic carbocycles. The van der Waals surface area contributed by atoms with Crippen LogP contribution in [0.25, 0.3) is 10.9 Å². The third kappa shape index (κ3) is 7.22. The maximum Gasteiger partial charge on any atom is 0.194 e. The van der Waals surface area contributed by atoms with E-state index < -0.39 is 15.5 Å². The molecule has 0 radical (unpaired) electrons. The van der Waals surface area contributed by atoms with Gasteiger partial charge in [-0.15, -0.1) is 0 Å². The fraction of sp³-hybridized carbons (Fsp3) is 0.344. The minimum absolute atomic E-state index is 0.304. The average molecular weight is 629 g/mol. The normalized spacial score (nSPS) is 13.9. The van der Waals surface area contributed by atoms with E-state index in [9.17, 15) is 5.11 Å². The smallest absolute Gasteiger partial charge is 0.194 e. The lowest BCUT2D eigenvalue weighted by Gasteiger charge is -2.33. The quantitative estimate of drug-likeness (QED) is 0.177. The first-order valence-corrected chi connectivity index (χ1v) is 19.7. The minimum Gasteiger partial charge on any atom is -0.508 e. The van der Waals surface area contributed by atoms with Gasteiger partial charge in [0.15, 0.2) is 15.5 Å². The second kappa shape index (κ2) is 13.2. The van der Waals surface area contributed by atoms with Gasteiger partial charge >= 0.3 is 0 Å². The molecule has 0 aliphatic rings. The van der Waals surface area contributed by atoms with Crippen molar-refractivity contribution in [1.82, 2.24) is 9.88 Å². The van der Waals surface area contributed by atoms with Crippen LogP contribution < -0.4 is 9.97 Å². The van der Waals surface area contributed by atoms with Crippen molar-refractivity contribution >= 4 is 63.6 Å². The highest BCUT2D eigenvalue weighted by molar-refractivity contribution is 8.27. The van der Waals surface area contributed by atoms with Gasteiger partial charge in [0, 0.05) is 40.6 Å². The number of rotatable bonds is 10. The van der Waals surface area contributed by atoms with Crippen molar-refractivity contribution in [1.29, 1.82) is 0 Å². The number of aromatic hydroxyl groups is 1. The molecular weight excluding hydrogens is 587 g/mol. The first-order valence-electron chi connectivity index (χ1n) is 13.9. The second-order valence-corrected chi connectivity index (χ2v) is 18.6. The van der Waals surface area contributed by atoms with Crippen LogP contribution in [-0.2, 0) is 10.9 Å². The van der Waals surface area contributed by atoms with Crippen LogP contribution >= 0.6 is 36.0 Å². The summed E-state index contributed by atoms with van der Waals surface area (Å²) in [5, 5.41) is 13.8. The van der Waals surface area contributed by atoms with Crippen LogP contribution in [0.5, 0.6) is 5.75 Å². The van der Waals surface area contributed by atoms with Gasteiger partial charge < -0.3 is 5.11 Å². The van der Waals surface area contributed by atoms with E-state index in [-0.39, 0.29) is 0 Å². The summed E-state index contributed by atoms with van der Waals surface area (Å²) in [5.41, 5.74) is 8.41. The zero-order valence-corrected chi connectivity index (χ0v) is 29.1. The Labute approximate surface area is 254 Å². The van der Waals surface area contributed by atoms with Crippen LogP contribution in [0.15, 0.2) is 54.6 Å². The van der Waals surface area contributed by atoms with Gasteiger partial charge in [-0.3, -0.25) is 14.6 Å². The van der Waals surface area contributed by atoms with Crippen LogP contribution in [0.1, 0.15) is 41.8 Å². The number of hydrogen-bond donors (Lipinski definition) is 1. The molecular formula is C32H42ClN3O2P3+. The maximum absolute atomic E-state index is 10.8. The highest BCUT2D eigenvalue weighted by Crippen LogP contribution is 2.72. The van der Waals surface area contributed by atoms with E-state index in [1.54, 1.807) is 6.07 Å². The van der Waals surface area contributed by atoms with Crippen molar-refractivity contribution in [2.45, 2.75) is 48.1 Å². The summed E-state index contributed by atoms with van der Waals surface area (Å²) in [6.45, 7) is 19.7. The average Bonchev–Trinajstić information content (AvgIpc) is 2.87. The van der Waals surface area contributed by atoms with Gasteiger partial charge in [-0.05, 0) is 94.4 Å². The summed E-state index contributed by atoms with van der Waals surface area (Å²) in [7, 11) is -0.166. The lowest BCUT2D eigenvalue weighted by atomic mass is 10.1. The number of aromatic nitrogens is 1. The van der Waals surface area contributed by atoms with Crippen molar-refractivity contribution in [2.75, 3.05) is 31.1 Å². The van der Waals surface area contributed by atoms with Crippen molar-refractivity contribution < 1.29 is 9.42 Å². The molecule has 0 spiro atoms. The maximum atomic E-state index is 10.8. The van der Waals surface area contributed by atoms with E-state index in [0.29, 0.717) is 17.3 Å². The van der Waals surface area contributed by atoms with Gasteiger partial charge in [0.05, 0.1) is 26.8 Å². The zero-order chi connectivity index (χ0) is 30.1. The van der Waals surface area contributed by atoms with E-state index in [4.69, 9.17) is 20.9 Å². The molecule has 1 heterocycles. The fourth-order valence-electron chi connectivity index (χ4n) is 5.65. The minimum atomic E-state index is -2.07. The largest absolute Gasteiger partial charge is 0.508 e. The molecule has 5 nitrogen and oxygen atoms in total. The Hall–Kier alpha value is -1.83. The Balaban J connectivity index is 1.88. The molecule has 4 rings (SSSR count). The predicted octanol–water partition coefficient (Wildman–Crippen LogP) is 9.44. The molecule has 9 heteroatoms. The SMILES string of the molecule is CCN(CC)Cc1cc(N(c2cc(C)nc3cc(Cl)ccc23)P(C)O[P+](C)(P)c2c(C)cc(C)cc2C)ccc1O. The molecule has 0 fully saturated rings. The molecule has 0 saturated heterocycles. The summed E-state index contributed by atoms with van der Waals surface area (Å²) in [6, 6.07) is 18.4. The Morgan fingerprint density at radius 2 is 1.63 bits per heavy atom. The summed E-state index contributed by atoms with van der Waals surface area (Å²) < 4.78 is 9.45. The first kappa shape index (κ1) is 32.1. The molecule has 3 atom stereocenters. The molecule has 3 unspecified atom stereocenters. The zero-order valence-electron chi connectivity index (χ0n) is 25.4. The molecule has 1 aromatic heterocycles. The molecule has 1 N–H and O–H groups in total. The van der Waals surface area contributed by atoms with E-state index in [1.165, 1.54) is 22.0 Å². The van der Waals surface area contributed by atoms with Crippen LogP contribution in [0.2, 0.25) is 5.02 Å². The Kier molecular flexibility index (Phi) is 10.3. The third-order valence-corrected chi connectivity index (χ3v) is 14.1. The van der Waals surface area contributed by atoms with Gasteiger partial charge in [0.2, 0.25) is 0 Å². The molecule has 0 amide bonds. The van der Waals surface area contributed by atoms with Crippen LogP contribution in [0.3, 0.4) is 0 Å². The Morgan fingerprint density at radius 3 is 2.27 bits per heavy atom. The van der Waals surface area contributed by atoms with Gasteiger partial charge in [0.1, 0.15) is 11.1 Å². The highest BCUT2D eigenvalue weighted by atomic mass is 35.5. The number of phenols is 1. The van der Waals surface area contributed by atoms with Crippen LogP contribution in [-0.4, -0.2) is 41.4 Å². The monoisotopic (exact) mass is 628 g/mol. The van der Waals surface area contributed by atoms with E-state index in [1.807, 2.05) is 31.2 Å². The Morgan fingerprint density at radius 1 is 0.976 bits per heavy atom. The van der Waals surface area contributed by atoms with Crippen molar-refractivity contribution in [3.8, 4) is 5.75 Å². The van der Waals surface area contributed by atoms with Gasteiger partial charge in [-0.25, -0.2) is 0 Å². The lowest BCUT2D eigenvalue weighted by molar-refractivity contribution is 0.291. The summed E-state index contributed by atoms with van der Waals surface area (Å²) in [5.74, 6) is 0.304. The Bertz CT molecular complexity index is 1530. The molecule has 4 aromatic rings. The third-order valence-electron chi connectivity index (χ3n) is 7.35. The topological polar surface area (TPSA) is 48.8 Å². The summed E-state index contributed by atoms with van der Waals surface area (Å²) >= 11 is 6.39. The van der Waals surface area contributed by atoms with Gasteiger partial charge in [-0.2, -0.15) is 4.31 Å². The number of pyridine rings is 1. The number of anilines is 2. The van der Waals surface area contributed by atoms with Crippen molar-refractivity contribution in [2.24, 2.45) is 0 Å². The lowest BCUT2D eigenvalue weighted by Crippen LogP contribution is -2.22. The number of fused-ring (bicyclic) bond motifs is 1. The van der Waals surface area contributed by atoms with E-state index >= 15 is 0 Å². The molecule has 218 valence electrons. The molecule has 3 aromatic carbocycles. The predicted molar refractivity (Wildman–Crippen MR) is 185 cm³/mol. The highest BCUT2D eigenvalue weighted by Gasteiger charge is 2.39. The number of aryl methyl sites for hydroxylation is 4. The van der Waals surface area contributed by atoms with Gasteiger partial charge in [0.25, 0.3) is 0 Å². The number of halogens is 1. The fourth-order valence-corrected chi connectivity index (χ4v) is 13.3. The molecule has 0 bridgehead atoms. The molecule has 41 heavy (non-hydrogen) atoms. The van der Waals surface area contributed by atoms with Crippen molar-refractivity contribution in [3.05, 3.63) is 87.6 Å². The summed E-state index contributed by atoms with van der Waals surface area (Å²) in [4.78, 5) is 7.09. The number of hydrogen-bond acceptors (Lipinski definition) is 5. The van der Waals surface area contributed by atoms with E-state index in [0.717, 1.165) is 46.6 Å². The second-order valence-electron chi connectivity index (χ2n) is 10.8. The molecule has 0 saturated carbocycles. The number of phenolic OH excluding ortho intramolecular Hbond substituents is 1.